The predicted octanol–water partition coefficient (Wildman–Crippen LogP) is 4.76. The number of anilines is 2. The van der Waals surface area contributed by atoms with Crippen molar-refractivity contribution in [3.63, 3.8) is 0 Å². The number of aromatic nitrogens is 6. The molecule has 1 aliphatic carbocycles. The maximum Gasteiger partial charge on any atom is 0.439 e. The number of aromatic amines is 1. The van der Waals surface area contributed by atoms with Gasteiger partial charge in [-0.05, 0) is 82.3 Å². The molecule has 0 unspecified atom stereocenters. The Hall–Kier alpha value is -3.94. The highest BCUT2D eigenvalue weighted by molar-refractivity contribution is 5.87. The molecule has 2 N–H and O–H groups in total. The lowest BCUT2D eigenvalue weighted by molar-refractivity contribution is -0.137. The minimum absolute atomic E-state index is 0.0871. The lowest BCUT2D eigenvalue weighted by Gasteiger charge is -2.32. The summed E-state index contributed by atoms with van der Waals surface area (Å²) in [5.41, 5.74) is 0.992. The largest absolute Gasteiger partial charge is 0.439 e. The van der Waals surface area contributed by atoms with Crippen molar-refractivity contribution in [1.29, 1.82) is 0 Å². The summed E-state index contributed by atoms with van der Waals surface area (Å²) >= 11 is 0. The topological polar surface area (TPSA) is 121 Å². The zero-order chi connectivity index (χ0) is 30.1. The van der Waals surface area contributed by atoms with Gasteiger partial charge in [0, 0.05) is 19.6 Å². The quantitative estimate of drug-likeness (QED) is 0.251. The Morgan fingerprint density at radius 3 is 2.49 bits per heavy atom. The van der Waals surface area contributed by atoms with E-state index in [1.54, 1.807) is 0 Å². The smallest absolute Gasteiger partial charge is 0.365 e. The molecule has 2 fully saturated rings. The average molecular weight is 600 g/mol. The van der Waals surface area contributed by atoms with Crippen molar-refractivity contribution in [2.45, 2.75) is 64.2 Å². The molecule has 6 rings (SSSR count). The second-order valence-electron chi connectivity index (χ2n) is 11.7. The fraction of sp³-hybridized carbons (Fsp3) is 0.552. The molecule has 0 bridgehead atoms. The monoisotopic (exact) mass is 599 g/mol. The number of imidazole rings is 1. The minimum atomic E-state index is -4.41. The normalized spacial score (nSPS) is 17.0. The molecule has 2 aliphatic rings. The first-order valence-corrected chi connectivity index (χ1v) is 14.9. The van der Waals surface area contributed by atoms with Gasteiger partial charge in [-0.25, -0.2) is 14.8 Å². The van der Waals surface area contributed by atoms with Gasteiger partial charge in [0.2, 0.25) is 17.6 Å². The summed E-state index contributed by atoms with van der Waals surface area (Å²) in [5.74, 6) is 1.14. The summed E-state index contributed by atoms with van der Waals surface area (Å²) in [6.45, 7) is 6.32. The van der Waals surface area contributed by atoms with E-state index in [2.05, 4.69) is 37.2 Å². The van der Waals surface area contributed by atoms with E-state index in [9.17, 15) is 18.0 Å². The number of likely N-dealkylation sites (tertiary alicyclic amines) is 1. The van der Waals surface area contributed by atoms with Crippen LogP contribution in [-0.4, -0.2) is 73.8 Å². The lowest BCUT2D eigenvalue weighted by atomic mass is 9.80. The summed E-state index contributed by atoms with van der Waals surface area (Å²) < 4.78 is 46.5. The van der Waals surface area contributed by atoms with Crippen LogP contribution >= 0.6 is 0 Å². The van der Waals surface area contributed by atoms with Crippen LogP contribution in [0.2, 0.25) is 0 Å². The Kier molecular flexibility index (Phi) is 8.12. The van der Waals surface area contributed by atoms with Gasteiger partial charge in [-0.1, -0.05) is 23.7 Å². The standard InChI is InChI=1S/C29H36F3N9O2/c1-18(20-7-5-8-20)33-23-22-24(35-25(34-23)26-37-28(42)43-38-26)36-27(39(2)13-6-16-40-14-3-4-15-40)41(22)17-19-9-11-21(12-10-19)29(30,31)32/h9-12,18,20H,3-8,13-17H2,1-2H3,(H,33,34,35)(H,37,38,42)/t18-/m1/s1. The molecule has 1 saturated carbocycles. The Balaban J connectivity index is 1.41. The molecule has 1 aliphatic heterocycles. The van der Waals surface area contributed by atoms with E-state index < -0.39 is 17.5 Å². The van der Waals surface area contributed by atoms with E-state index >= 15 is 0 Å². The SMILES string of the molecule is C[C@@H](Nc1nc(-c2noc(=O)[nH]2)nc2nc(N(C)CCCN3CCCC3)n(Cc3ccc(C(F)(F)F)cc3)c12)C1CCC1. The molecule has 3 aromatic heterocycles. The van der Waals surface area contributed by atoms with Gasteiger partial charge >= 0.3 is 11.9 Å². The number of benzene rings is 1. The first-order chi connectivity index (χ1) is 20.7. The van der Waals surface area contributed by atoms with Crippen LogP contribution in [0.5, 0.6) is 0 Å². The molecule has 1 atom stereocenters. The van der Waals surface area contributed by atoms with Crippen LogP contribution in [0.4, 0.5) is 24.9 Å². The highest BCUT2D eigenvalue weighted by atomic mass is 19.4. The Morgan fingerprint density at radius 2 is 1.86 bits per heavy atom. The van der Waals surface area contributed by atoms with E-state index in [-0.39, 0.29) is 24.2 Å². The van der Waals surface area contributed by atoms with Gasteiger partial charge in [0.15, 0.2) is 11.5 Å². The highest BCUT2D eigenvalue weighted by Crippen LogP contribution is 2.35. The van der Waals surface area contributed by atoms with E-state index in [4.69, 9.17) is 14.5 Å². The van der Waals surface area contributed by atoms with Crippen molar-refractivity contribution in [3.8, 4) is 11.6 Å². The zero-order valence-electron chi connectivity index (χ0n) is 24.3. The lowest BCUT2D eigenvalue weighted by Crippen LogP contribution is -2.31. The van der Waals surface area contributed by atoms with Crippen LogP contribution < -0.4 is 16.0 Å². The molecular formula is C29H36F3N9O2. The van der Waals surface area contributed by atoms with Crippen LogP contribution in [0.25, 0.3) is 22.8 Å². The number of alkyl halides is 3. The molecule has 0 amide bonds. The first kappa shape index (κ1) is 29.1. The minimum Gasteiger partial charge on any atom is -0.365 e. The van der Waals surface area contributed by atoms with Gasteiger partial charge in [-0.15, -0.1) is 0 Å². The van der Waals surface area contributed by atoms with Crippen molar-refractivity contribution in [2.24, 2.45) is 5.92 Å². The van der Waals surface area contributed by atoms with Crippen molar-refractivity contribution >= 4 is 22.9 Å². The van der Waals surface area contributed by atoms with Crippen LogP contribution in [-0.2, 0) is 12.7 Å². The number of hydrogen-bond donors (Lipinski definition) is 2. The number of hydrogen-bond acceptors (Lipinski definition) is 9. The molecule has 1 aromatic carbocycles. The number of rotatable bonds is 11. The maximum atomic E-state index is 13.3. The van der Waals surface area contributed by atoms with Gasteiger partial charge in [0.05, 0.1) is 12.1 Å². The highest BCUT2D eigenvalue weighted by Gasteiger charge is 2.31. The number of nitrogens with zero attached hydrogens (tertiary/aromatic N) is 7. The van der Waals surface area contributed by atoms with Gasteiger partial charge in [0.25, 0.3) is 0 Å². The summed E-state index contributed by atoms with van der Waals surface area (Å²) in [6, 6.07) is 5.28. The number of fused-ring (bicyclic) bond motifs is 1. The Bertz CT molecular complexity index is 1600. The van der Waals surface area contributed by atoms with Crippen LogP contribution in [0.1, 0.15) is 56.6 Å². The number of nitrogens with one attached hydrogen (secondary N) is 2. The Morgan fingerprint density at radius 1 is 1.12 bits per heavy atom. The number of halogens is 3. The second-order valence-corrected chi connectivity index (χ2v) is 11.7. The summed E-state index contributed by atoms with van der Waals surface area (Å²) in [7, 11) is 1.96. The molecule has 4 heterocycles. The summed E-state index contributed by atoms with van der Waals surface area (Å²) in [5, 5.41) is 7.33. The van der Waals surface area contributed by atoms with Crippen molar-refractivity contribution in [2.75, 3.05) is 43.4 Å². The molecule has 0 radical (unpaired) electrons. The average Bonchev–Trinajstić information content (AvgIpc) is 3.68. The third-order valence-corrected chi connectivity index (χ3v) is 8.59. The van der Waals surface area contributed by atoms with Crippen LogP contribution in [0.3, 0.4) is 0 Å². The Labute approximate surface area is 246 Å². The van der Waals surface area contributed by atoms with Crippen LogP contribution in [0.15, 0.2) is 33.6 Å². The third kappa shape index (κ3) is 6.38. The van der Waals surface area contributed by atoms with Crippen molar-refractivity contribution < 1.29 is 17.7 Å². The molecule has 1 saturated heterocycles. The fourth-order valence-electron chi connectivity index (χ4n) is 5.89. The van der Waals surface area contributed by atoms with Gasteiger partial charge in [-0.3, -0.25) is 9.51 Å². The fourth-order valence-corrected chi connectivity index (χ4v) is 5.89. The maximum absolute atomic E-state index is 13.3. The molecule has 0 spiro atoms. The molecule has 14 heteroatoms. The molecule has 4 aromatic rings. The van der Waals surface area contributed by atoms with Gasteiger partial charge in [0.1, 0.15) is 5.52 Å². The van der Waals surface area contributed by atoms with E-state index in [1.165, 1.54) is 31.4 Å². The predicted molar refractivity (Wildman–Crippen MR) is 156 cm³/mol. The molecule has 230 valence electrons. The van der Waals surface area contributed by atoms with Crippen molar-refractivity contribution in [3.05, 3.63) is 45.9 Å². The third-order valence-electron chi connectivity index (χ3n) is 8.59. The first-order valence-electron chi connectivity index (χ1n) is 14.9. The van der Waals surface area contributed by atoms with E-state index in [0.29, 0.717) is 34.4 Å². The molecule has 11 nitrogen and oxygen atoms in total. The van der Waals surface area contributed by atoms with E-state index in [0.717, 1.165) is 57.6 Å². The second kappa shape index (κ2) is 12.0. The zero-order valence-corrected chi connectivity index (χ0v) is 24.3. The summed E-state index contributed by atoms with van der Waals surface area (Å²) in [6.07, 6.45) is 2.38. The number of H-pyrrole nitrogens is 1. The summed E-state index contributed by atoms with van der Waals surface area (Å²) in [4.78, 5) is 33.0. The van der Waals surface area contributed by atoms with E-state index in [1.807, 2.05) is 11.6 Å². The van der Waals surface area contributed by atoms with Gasteiger partial charge in [-0.2, -0.15) is 18.2 Å². The van der Waals surface area contributed by atoms with Gasteiger partial charge < -0.3 is 19.7 Å². The van der Waals surface area contributed by atoms with Crippen molar-refractivity contribution in [1.82, 2.24) is 34.6 Å². The molecular weight excluding hydrogens is 563 g/mol. The molecule has 43 heavy (non-hydrogen) atoms. The van der Waals surface area contributed by atoms with Crippen LogP contribution in [0, 0.1) is 5.92 Å².